The molecule has 0 radical (unpaired) electrons. The number of piperidine rings is 1. The van der Waals surface area contributed by atoms with E-state index in [1.807, 2.05) is 0 Å². The Labute approximate surface area is 118 Å². The maximum absolute atomic E-state index is 11.8. The average molecular weight is 286 g/mol. The van der Waals surface area contributed by atoms with Crippen LogP contribution in [0.25, 0.3) is 0 Å². The first-order valence-electron chi connectivity index (χ1n) is 6.95. The van der Waals surface area contributed by atoms with Crippen LogP contribution in [0.3, 0.4) is 0 Å². The van der Waals surface area contributed by atoms with Crippen LogP contribution in [0.2, 0.25) is 0 Å². The molecule has 0 aliphatic carbocycles. The monoisotopic (exact) mass is 286 g/mol. The normalized spacial score (nSPS) is 15.8. The summed E-state index contributed by atoms with van der Waals surface area (Å²) in [5, 5.41) is 11.6. The van der Waals surface area contributed by atoms with Crippen molar-refractivity contribution in [3.8, 4) is 0 Å². The Morgan fingerprint density at radius 3 is 2.50 bits per heavy atom. The lowest BCUT2D eigenvalue weighted by Crippen LogP contribution is -2.45. The maximum atomic E-state index is 11.8. The van der Waals surface area contributed by atoms with E-state index >= 15 is 0 Å². The van der Waals surface area contributed by atoms with Crippen LogP contribution in [0.1, 0.15) is 32.6 Å². The fourth-order valence-electron chi connectivity index (χ4n) is 2.10. The van der Waals surface area contributed by atoms with Gasteiger partial charge in [0.2, 0.25) is 0 Å². The molecule has 2 amide bonds. The zero-order chi connectivity index (χ0) is 15.0. The Hall–Kier alpha value is -1.79. The molecule has 0 saturated carbocycles. The Balaban J connectivity index is 2.15. The molecule has 7 nitrogen and oxygen atoms in total. The molecule has 1 rings (SSSR count). The summed E-state index contributed by atoms with van der Waals surface area (Å²) in [4.78, 5) is 35.3. The van der Waals surface area contributed by atoms with Gasteiger partial charge < -0.3 is 20.1 Å². The summed E-state index contributed by atoms with van der Waals surface area (Å²) >= 11 is 0. The van der Waals surface area contributed by atoms with Gasteiger partial charge >= 0.3 is 18.0 Å². The van der Waals surface area contributed by atoms with E-state index in [1.165, 1.54) is 0 Å². The number of nitrogens with one attached hydrogen (secondary N) is 1. The van der Waals surface area contributed by atoms with Gasteiger partial charge in [0.1, 0.15) is 0 Å². The molecule has 20 heavy (non-hydrogen) atoms. The van der Waals surface area contributed by atoms with Gasteiger partial charge in [-0.1, -0.05) is 0 Å². The summed E-state index contributed by atoms with van der Waals surface area (Å²) in [7, 11) is 0. The van der Waals surface area contributed by atoms with Crippen LogP contribution in [0.5, 0.6) is 0 Å². The van der Waals surface area contributed by atoms with Crippen LogP contribution < -0.4 is 5.32 Å². The van der Waals surface area contributed by atoms with Gasteiger partial charge in [0.05, 0.1) is 12.5 Å². The quantitative estimate of drug-likeness (QED) is 0.557. The topological polar surface area (TPSA) is 95.9 Å². The molecule has 0 aromatic heterocycles. The number of carboxylic acids is 1. The number of esters is 1. The Morgan fingerprint density at radius 1 is 1.30 bits per heavy atom. The minimum absolute atomic E-state index is 0.197. The zero-order valence-electron chi connectivity index (χ0n) is 11.8. The van der Waals surface area contributed by atoms with E-state index in [9.17, 15) is 14.4 Å². The summed E-state index contributed by atoms with van der Waals surface area (Å²) < 4.78 is 4.78. The van der Waals surface area contributed by atoms with E-state index in [4.69, 9.17) is 9.84 Å². The number of amides is 2. The van der Waals surface area contributed by atoms with Crippen LogP contribution in [-0.2, 0) is 14.3 Å². The minimum Gasteiger partial charge on any atom is -0.481 e. The standard InChI is InChI=1S/C13H22N2O5/c1-2-20-11(16)4-3-7-14-13(19)15-8-5-10(6-9-15)12(17)18/h10H,2-9H2,1H3,(H,14,19)(H,17,18). The molecule has 0 spiro atoms. The van der Waals surface area contributed by atoms with E-state index < -0.39 is 5.97 Å². The smallest absolute Gasteiger partial charge is 0.317 e. The molecular weight excluding hydrogens is 264 g/mol. The molecule has 0 unspecified atom stereocenters. The second kappa shape index (κ2) is 8.39. The van der Waals surface area contributed by atoms with Crippen molar-refractivity contribution in [2.75, 3.05) is 26.2 Å². The number of aliphatic carboxylic acids is 1. The highest BCUT2D eigenvalue weighted by molar-refractivity contribution is 5.75. The van der Waals surface area contributed by atoms with Gasteiger partial charge in [-0.2, -0.15) is 0 Å². The van der Waals surface area contributed by atoms with Crippen molar-refractivity contribution in [2.45, 2.75) is 32.6 Å². The van der Waals surface area contributed by atoms with Gasteiger partial charge in [-0.05, 0) is 26.2 Å². The van der Waals surface area contributed by atoms with Crippen molar-refractivity contribution < 1.29 is 24.2 Å². The van der Waals surface area contributed by atoms with Crippen molar-refractivity contribution in [1.82, 2.24) is 10.2 Å². The van der Waals surface area contributed by atoms with Crippen LogP contribution >= 0.6 is 0 Å². The van der Waals surface area contributed by atoms with Crippen LogP contribution in [0.15, 0.2) is 0 Å². The molecule has 1 fully saturated rings. The van der Waals surface area contributed by atoms with Gasteiger partial charge in [0, 0.05) is 26.1 Å². The average Bonchev–Trinajstić information content (AvgIpc) is 2.43. The van der Waals surface area contributed by atoms with E-state index in [0.717, 1.165) is 0 Å². The number of ether oxygens (including phenoxy) is 1. The van der Waals surface area contributed by atoms with Crippen molar-refractivity contribution in [2.24, 2.45) is 5.92 Å². The van der Waals surface area contributed by atoms with Gasteiger partial charge in [-0.3, -0.25) is 9.59 Å². The molecule has 0 atom stereocenters. The summed E-state index contributed by atoms with van der Waals surface area (Å²) in [5.41, 5.74) is 0. The lowest BCUT2D eigenvalue weighted by atomic mass is 9.97. The van der Waals surface area contributed by atoms with Crippen LogP contribution in [-0.4, -0.2) is 54.2 Å². The van der Waals surface area contributed by atoms with Gasteiger partial charge in [0.25, 0.3) is 0 Å². The van der Waals surface area contributed by atoms with Crippen molar-refractivity contribution in [1.29, 1.82) is 0 Å². The van der Waals surface area contributed by atoms with Gasteiger partial charge in [-0.15, -0.1) is 0 Å². The number of rotatable bonds is 6. The molecule has 1 aliphatic rings. The van der Waals surface area contributed by atoms with Crippen molar-refractivity contribution in [3.63, 3.8) is 0 Å². The Bertz CT molecular complexity index is 351. The van der Waals surface area contributed by atoms with Gasteiger partial charge in [-0.25, -0.2) is 4.79 Å². The first-order valence-corrected chi connectivity index (χ1v) is 6.95. The number of urea groups is 1. The number of carboxylic acid groups (broad SMARTS) is 1. The van der Waals surface area contributed by atoms with E-state index in [0.29, 0.717) is 45.5 Å². The van der Waals surface area contributed by atoms with Crippen molar-refractivity contribution >= 4 is 18.0 Å². The first kappa shape index (κ1) is 16.3. The minimum atomic E-state index is -0.792. The lowest BCUT2D eigenvalue weighted by molar-refractivity contribution is -0.144. The third-order valence-electron chi connectivity index (χ3n) is 3.27. The highest BCUT2D eigenvalue weighted by atomic mass is 16.5. The molecule has 0 aromatic rings. The fraction of sp³-hybridized carbons (Fsp3) is 0.769. The lowest BCUT2D eigenvalue weighted by Gasteiger charge is -2.30. The number of carbonyl (C=O) groups is 3. The van der Waals surface area contributed by atoms with Crippen LogP contribution in [0.4, 0.5) is 4.79 Å². The second-order valence-electron chi connectivity index (χ2n) is 4.74. The molecule has 2 N–H and O–H groups in total. The summed E-state index contributed by atoms with van der Waals surface area (Å²) in [5.74, 6) is -1.40. The highest BCUT2D eigenvalue weighted by Crippen LogP contribution is 2.17. The number of hydrogen-bond donors (Lipinski definition) is 2. The summed E-state index contributed by atoms with van der Waals surface area (Å²) in [6, 6.07) is -0.197. The Kier molecular flexibility index (Phi) is 6.83. The highest BCUT2D eigenvalue weighted by Gasteiger charge is 2.26. The molecule has 1 aliphatic heterocycles. The van der Waals surface area contributed by atoms with Gasteiger partial charge in [0.15, 0.2) is 0 Å². The third kappa shape index (κ3) is 5.46. The van der Waals surface area contributed by atoms with Crippen molar-refractivity contribution in [3.05, 3.63) is 0 Å². The number of likely N-dealkylation sites (tertiary alicyclic amines) is 1. The van der Waals surface area contributed by atoms with Crippen LogP contribution in [0, 0.1) is 5.92 Å². The number of nitrogens with zero attached hydrogens (tertiary/aromatic N) is 1. The van der Waals surface area contributed by atoms with E-state index in [1.54, 1.807) is 11.8 Å². The molecular formula is C13H22N2O5. The zero-order valence-corrected chi connectivity index (χ0v) is 11.8. The molecule has 0 aromatic carbocycles. The largest absolute Gasteiger partial charge is 0.481 e. The number of carbonyl (C=O) groups excluding carboxylic acids is 2. The fourth-order valence-corrected chi connectivity index (χ4v) is 2.10. The molecule has 1 heterocycles. The molecule has 7 heteroatoms. The summed E-state index contributed by atoms with van der Waals surface area (Å²) in [6.07, 6.45) is 1.81. The summed E-state index contributed by atoms with van der Waals surface area (Å²) in [6.45, 7) is 3.45. The molecule has 114 valence electrons. The predicted octanol–water partition coefficient (Wildman–Crippen LogP) is 0.836. The third-order valence-corrected chi connectivity index (χ3v) is 3.27. The molecule has 1 saturated heterocycles. The van der Waals surface area contributed by atoms with E-state index in [-0.39, 0.29) is 24.3 Å². The predicted molar refractivity (Wildman–Crippen MR) is 71.2 cm³/mol. The maximum Gasteiger partial charge on any atom is 0.317 e. The molecule has 0 bridgehead atoms. The van der Waals surface area contributed by atoms with E-state index in [2.05, 4.69) is 5.32 Å². The second-order valence-corrected chi connectivity index (χ2v) is 4.74. The number of hydrogen-bond acceptors (Lipinski definition) is 4. The first-order chi connectivity index (χ1) is 9.54. The SMILES string of the molecule is CCOC(=O)CCCNC(=O)N1CCC(C(=O)O)CC1. The Morgan fingerprint density at radius 2 is 1.95 bits per heavy atom.